The molecule has 1 rings (SSSR count). The SMILES string of the molecule is C[I-]c1cc(F)c(F)cc1F. The molecule has 0 fully saturated rings. The van der Waals surface area contributed by atoms with Crippen LogP contribution in [0.1, 0.15) is 0 Å². The van der Waals surface area contributed by atoms with Crippen LogP contribution in [0.25, 0.3) is 0 Å². The molecule has 11 heavy (non-hydrogen) atoms. The number of rotatable bonds is 1. The molecule has 0 aromatic heterocycles. The molecule has 0 bridgehead atoms. The molecular formula is C7H5F3I-. The number of benzene rings is 1. The van der Waals surface area contributed by atoms with Gasteiger partial charge in [-0.1, -0.05) is 0 Å². The van der Waals surface area contributed by atoms with Crippen molar-refractivity contribution in [2.45, 2.75) is 0 Å². The van der Waals surface area contributed by atoms with E-state index in [1.54, 1.807) is 4.93 Å². The topological polar surface area (TPSA) is 0 Å². The van der Waals surface area contributed by atoms with E-state index in [4.69, 9.17) is 0 Å². The van der Waals surface area contributed by atoms with E-state index in [0.717, 1.165) is 6.07 Å². The third-order valence-electron chi connectivity index (χ3n) is 1.17. The Balaban J connectivity index is 3.21. The fourth-order valence-electron chi connectivity index (χ4n) is 0.643. The minimum atomic E-state index is -1.12. The van der Waals surface area contributed by atoms with E-state index in [9.17, 15) is 13.2 Å². The minimum absolute atomic E-state index is 0.308. The predicted molar refractivity (Wildman–Crippen MR) is 30.9 cm³/mol. The molecule has 0 amide bonds. The molecule has 0 saturated carbocycles. The van der Waals surface area contributed by atoms with E-state index < -0.39 is 38.7 Å². The Hall–Kier alpha value is -0.260. The molecule has 0 aliphatic rings. The van der Waals surface area contributed by atoms with Crippen LogP contribution in [0.5, 0.6) is 0 Å². The van der Waals surface area contributed by atoms with Gasteiger partial charge in [-0.15, -0.1) is 0 Å². The predicted octanol–water partition coefficient (Wildman–Crippen LogP) is -1.01. The Kier molecular flexibility index (Phi) is 2.75. The van der Waals surface area contributed by atoms with E-state index in [1.165, 1.54) is 0 Å². The third-order valence-corrected chi connectivity index (χ3v) is 3.16. The van der Waals surface area contributed by atoms with Gasteiger partial charge in [-0.3, -0.25) is 0 Å². The van der Waals surface area contributed by atoms with Crippen molar-refractivity contribution in [1.82, 2.24) is 0 Å². The van der Waals surface area contributed by atoms with Crippen LogP contribution in [-0.4, -0.2) is 4.93 Å². The molecule has 0 heterocycles. The van der Waals surface area contributed by atoms with Gasteiger partial charge >= 0.3 is 72.5 Å². The van der Waals surface area contributed by atoms with E-state index >= 15 is 0 Å². The van der Waals surface area contributed by atoms with Crippen LogP contribution in [0.2, 0.25) is 0 Å². The Morgan fingerprint density at radius 2 is 1.55 bits per heavy atom. The molecule has 0 spiro atoms. The van der Waals surface area contributed by atoms with Gasteiger partial charge in [-0.05, 0) is 0 Å². The van der Waals surface area contributed by atoms with Crippen LogP contribution in [0.4, 0.5) is 13.2 Å². The average Bonchev–Trinajstić information content (AvgIpc) is 1.97. The zero-order valence-electron chi connectivity index (χ0n) is 5.67. The summed E-state index contributed by atoms with van der Waals surface area (Å²) in [6.07, 6.45) is 0. The van der Waals surface area contributed by atoms with Gasteiger partial charge in [0.15, 0.2) is 0 Å². The summed E-state index contributed by atoms with van der Waals surface area (Å²) in [6.45, 7) is 0. The molecule has 1 aromatic rings. The van der Waals surface area contributed by atoms with Crippen molar-refractivity contribution in [2.24, 2.45) is 0 Å². The van der Waals surface area contributed by atoms with E-state index in [0.29, 0.717) is 9.64 Å². The maximum atomic E-state index is 12.7. The molecule has 62 valence electrons. The summed E-state index contributed by atoms with van der Waals surface area (Å²) < 4.78 is 37.7. The van der Waals surface area contributed by atoms with Gasteiger partial charge in [0.1, 0.15) is 0 Å². The van der Waals surface area contributed by atoms with Crippen molar-refractivity contribution >= 4 is 0 Å². The number of hydrogen-bond donors (Lipinski definition) is 0. The fourth-order valence-corrected chi connectivity index (χ4v) is 1.90. The second-order valence-electron chi connectivity index (χ2n) is 1.87. The van der Waals surface area contributed by atoms with Gasteiger partial charge in [-0.25, -0.2) is 0 Å². The van der Waals surface area contributed by atoms with Crippen LogP contribution in [0.3, 0.4) is 0 Å². The Morgan fingerprint density at radius 3 is 2.09 bits per heavy atom. The van der Waals surface area contributed by atoms with Crippen molar-refractivity contribution in [2.75, 3.05) is 4.93 Å². The molecule has 0 N–H and O–H groups in total. The van der Waals surface area contributed by atoms with Gasteiger partial charge < -0.3 is 0 Å². The summed E-state index contributed by atoms with van der Waals surface area (Å²) in [6, 6.07) is 1.52. The monoisotopic (exact) mass is 273 g/mol. The molecule has 4 heteroatoms. The van der Waals surface area contributed by atoms with Crippen LogP contribution >= 0.6 is 0 Å². The van der Waals surface area contributed by atoms with Crippen LogP contribution in [0.15, 0.2) is 12.1 Å². The van der Waals surface area contributed by atoms with E-state index in [2.05, 4.69) is 0 Å². The van der Waals surface area contributed by atoms with Crippen molar-refractivity contribution < 1.29 is 34.4 Å². The molecule has 0 aliphatic carbocycles. The van der Waals surface area contributed by atoms with Crippen LogP contribution in [0, 0.1) is 21.0 Å². The molecular weight excluding hydrogens is 268 g/mol. The molecule has 0 atom stereocenters. The normalized spacial score (nSPS) is 10.5. The maximum absolute atomic E-state index is 12.7. The van der Waals surface area contributed by atoms with Crippen molar-refractivity contribution in [3.05, 3.63) is 33.2 Å². The average molecular weight is 273 g/mol. The summed E-state index contributed by atoms with van der Waals surface area (Å²) in [5.74, 6) is -2.73. The first-order chi connectivity index (χ1) is 5.15. The van der Waals surface area contributed by atoms with Crippen molar-refractivity contribution in [1.29, 1.82) is 0 Å². The fraction of sp³-hybridized carbons (Fsp3) is 0.143. The number of hydrogen-bond acceptors (Lipinski definition) is 0. The molecule has 0 unspecified atom stereocenters. The summed E-state index contributed by atoms with van der Waals surface area (Å²) >= 11 is -0.524. The van der Waals surface area contributed by atoms with Gasteiger partial charge in [0, 0.05) is 0 Å². The van der Waals surface area contributed by atoms with E-state index in [1.807, 2.05) is 0 Å². The zero-order chi connectivity index (χ0) is 8.43. The van der Waals surface area contributed by atoms with E-state index in [-0.39, 0.29) is 0 Å². The summed E-state index contributed by atoms with van der Waals surface area (Å²) in [5.41, 5.74) is 0. The summed E-state index contributed by atoms with van der Waals surface area (Å²) in [7, 11) is 0. The third kappa shape index (κ3) is 1.85. The Morgan fingerprint density at radius 1 is 1.00 bits per heavy atom. The quantitative estimate of drug-likeness (QED) is 0.349. The van der Waals surface area contributed by atoms with Gasteiger partial charge in [0.25, 0.3) is 0 Å². The number of halogens is 4. The standard InChI is InChI=1S/C7H5F3I/c1-11-7-3-5(9)4(8)2-6(7)10/h2-3H,1H3/q-1. The van der Waals surface area contributed by atoms with Gasteiger partial charge in [0.05, 0.1) is 0 Å². The molecule has 1 aromatic carbocycles. The second kappa shape index (κ2) is 3.42. The second-order valence-corrected chi connectivity index (χ2v) is 4.11. The van der Waals surface area contributed by atoms with Crippen molar-refractivity contribution in [3.8, 4) is 0 Å². The number of alkyl halides is 1. The molecule has 0 aliphatic heterocycles. The van der Waals surface area contributed by atoms with Gasteiger partial charge in [0.2, 0.25) is 0 Å². The van der Waals surface area contributed by atoms with Crippen LogP contribution in [-0.2, 0) is 0 Å². The first kappa shape index (κ1) is 8.83. The Bertz CT molecular complexity index is 273. The molecule has 0 radical (unpaired) electrons. The summed E-state index contributed by atoms with van der Waals surface area (Å²) in [5, 5.41) is 0. The Labute approximate surface area is 72.7 Å². The van der Waals surface area contributed by atoms with Gasteiger partial charge in [-0.2, -0.15) is 0 Å². The molecule has 0 nitrogen and oxygen atoms in total. The molecule has 0 saturated heterocycles. The first-order valence-electron chi connectivity index (χ1n) is 2.79. The van der Waals surface area contributed by atoms with Crippen molar-refractivity contribution in [3.63, 3.8) is 0 Å². The van der Waals surface area contributed by atoms with Crippen LogP contribution < -0.4 is 21.2 Å². The zero-order valence-corrected chi connectivity index (χ0v) is 7.82. The summed E-state index contributed by atoms with van der Waals surface area (Å²) in [4.78, 5) is 1.79. The first-order valence-corrected chi connectivity index (χ1v) is 6.02.